The lowest BCUT2D eigenvalue weighted by atomic mass is 10.1. The molecule has 0 bridgehead atoms. The molecule has 1 aliphatic heterocycles. The Morgan fingerprint density at radius 2 is 2.11 bits per heavy atom. The fraction of sp³-hybridized carbons (Fsp3) is 0.846. The summed E-state index contributed by atoms with van der Waals surface area (Å²) < 4.78 is 11.3. The quantitative estimate of drug-likeness (QED) is 0.891. The first-order valence-electron chi connectivity index (χ1n) is 6.73. The molecular formula is C13H23N3O2. The molecule has 1 fully saturated rings. The van der Waals surface area contributed by atoms with E-state index in [4.69, 9.17) is 9.15 Å². The normalized spacial score (nSPS) is 21.2. The molecular weight excluding hydrogens is 230 g/mol. The average Bonchev–Trinajstić information content (AvgIpc) is 2.77. The minimum Gasteiger partial charge on any atom is -0.422 e. The van der Waals surface area contributed by atoms with Gasteiger partial charge in [0.25, 0.3) is 0 Å². The van der Waals surface area contributed by atoms with E-state index >= 15 is 0 Å². The van der Waals surface area contributed by atoms with Gasteiger partial charge in [-0.05, 0) is 40.0 Å². The molecule has 1 aromatic heterocycles. The minimum absolute atomic E-state index is 0.00979. The molecule has 0 radical (unpaired) electrons. The van der Waals surface area contributed by atoms with Crippen molar-refractivity contribution in [3.8, 4) is 0 Å². The number of aromatic nitrogens is 2. The summed E-state index contributed by atoms with van der Waals surface area (Å²) >= 11 is 0. The fourth-order valence-electron chi connectivity index (χ4n) is 1.98. The van der Waals surface area contributed by atoms with Gasteiger partial charge < -0.3 is 14.5 Å². The van der Waals surface area contributed by atoms with Gasteiger partial charge in [0.15, 0.2) is 0 Å². The van der Waals surface area contributed by atoms with Crippen LogP contribution in [-0.2, 0) is 11.2 Å². The van der Waals surface area contributed by atoms with Crippen LogP contribution in [0.2, 0.25) is 0 Å². The molecule has 1 unspecified atom stereocenters. The van der Waals surface area contributed by atoms with Crippen LogP contribution in [0.15, 0.2) is 4.42 Å². The molecule has 0 aliphatic carbocycles. The highest BCUT2D eigenvalue weighted by Gasteiger charge is 2.22. The van der Waals surface area contributed by atoms with Crippen LogP contribution in [-0.4, -0.2) is 28.9 Å². The van der Waals surface area contributed by atoms with Gasteiger partial charge in [0.1, 0.15) is 6.10 Å². The topological polar surface area (TPSA) is 60.2 Å². The molecule has 5 nitrogen and oxygen atoms in total. The highest BCUT2D eigenvalue weighted by Crippen LogP contribution is 2.26. The van der Waals surface area contributed by atoms with Gasteiger partial charge in [-0.1, -0.05) is 0 Å². The van der Waals surface area contributed by atoms with E-state index in [0.717, 1.165) is 32.4 Å². The zero-order valence-corrected chi connectivity index (χ0v) is 11.5. The molecule has 0 amide bonds. The molecule has 1 atom stereocenters. The molecule has 5 heteroatoms. The van der Waals surface area contributed by atoms with Crippen LogP contribution < -0.4 is 5.32 Å². The molecule has 2 heterocycles. The molecule has 18 heavy (non-hydrogen) atoms. The summed E-state index contributed by atoms with van der Waals surface area (Å²) in [7, 11) is 0. The van der Waals surface area contributed by atoms with Crippen molar-refractivity contribution in [2.24, 2.45) is 0 Å². The van der Waals surface area contributed by atoms with Crippen molar-refractivity contribution < 1.29 is 9.15 Å². The Morgan fingerprint density at radius 1 is 1.28 bits per heavy atom. The van der Waals surface area contributed by atoms with E-state index in [0.29, 0.717) is 11.8 Å². The first kappa shape index (κ1) is 13.5. The Balaban J connectivity index is 1.82. The second kappa shape index (κ2) is 5.80. The monoisotopic (exact) mass is 253 g/mol. The Kier molecular flexibility index (Phi) is 4.35. The number of hydrogen-bond donors (Lipinski definition) is 1. The van der Waals surface area contributed by atoms with Gasteiger partial charge >= 0.3 is 0 Å². The Morgan fingerprint density at radius 3 is 2.78 bits per heavy atom. The molecule has 1 aromatic rings. The third kappa shape index (κ3) is 4.07. The molecule has 0 spiro atoms. The van der Waals surface area contributed by atoms with E-state index < -0.39 is 0 Å². The SMILES string of the molecule is CC(C)(C)NCCc1nnc(C2CCCCO2)o1. The molecule has 1 saturated heterocycles. The van der Waals surface area contributed by atoms with E-state index in [9.17, 15) is 0 Å². The van der Waals surface area contributed by atoms with Crippen molar-refractivity contribution in [3.63, 3.8) is 0 Å². The van der Waals surface area contributed by atoms with E-state index in [1.165, 1.54) is 6.42 Å². The van der Waals surface area contributed by atoms with Crippen molar-refractivity contribution in [2.45, 2.75) is 58.1 Å². The second-order valence-electron chi connectivity index (χ2n) is 5.82. The third-order valence-corrected chi connectivity index (χ3v) is 2.93. The van der Waals surface area contributed by atoms with Crippen molar-refractivity contribution >= 4 is 0 Å². The number of rotatable bonds is 4. The fourth-order valence-corrected chi connectivity index (χ4v) is 1.98. The maximum atomic E-state index is 5.65. The highest BCUT2D eigenvalue weighted by molar-refractivity contribution is 4.89. The second-order valence-corrected chi connectivity index (χ2v) is 5.82. The summed E-state index contributed by atoms with van der Waals surface area (Å²) in [6.45, 7) is 8.07. The lowest BCUT2D eigenvalue weighted by Crippen LogP contribution is -2.37. The number of nitrogens with zero attached hydrogens (tertiary/aromatic N) is 2. The maximum Gasteiger partial charge on any atom is 0.245 e. The van der Waals surface area contributed by atoms with Gasteiger partial charge in [0.2, 0.25) is 11.8 Å². The number of hydrogen-bond acceptors (Lipinski definition) is 5. The largest absolute Gasteiger partial charge is 0.422 e. The Labute approximate surface area is 108 Å². The van der Waals surface area contributed by atoms with Gasteiger partial charge in [-0.25, -0.2) is 0 Å². The summed E-state index contributed by atoms with van der Waals surface area (Å²) in [5, 5.41) is 11.6. The van der Waals surface area contributed by atoms with Crippen LogP contribution in [0.1, 0.15) is 57.9 Å². The zero-order chi connectivity index (χ0) is 13.0. The zero-order valence-electron chi connectivity index (χ0n) is 11.5. The van der Waals surface area contributed by atoms with Gasteiger partial charge in [-0.2, -0.15) is 0 Å². The molecule has 1 N–H and O–H groups in total. The lowest BCUT2D eigenvalue weighted by molar-refractivity contribution is -0.00211. The van der Waals surface area contributed by atoms with Gasteiger partial charge in [-0.3, -0.25) is 0 Å². The van der Waals surface area contributed by atoms with Crippen LogP contribution >= 0.6 is 0 Å². The summed E-state index contributed by atoms with van der Waals surface area (Å²) in [6.07, 6.45) is 4.07. The van der Waals surface area contributed by atoms with Gasteiger partial charge in [0, 0.05) is 25.1 Å². The van der Waals surface area contributed by atoms with E-state index in [2.05, 4.69) is 36.3 Å². The molecule has 0 aromatic carbocycles. The van der Waals surface area contributed by atoms with Crippen LogP contribution in [0, 0.1) is 0 Å². The predicted molar refractivity (Wildman–Crippen MR) is 68.3 cm³/mol. The summed E-state index contributed by atoms with van der Waals surface area (Å²) in [6, 6.07) is 0. The van der Waals surface area contributed by atoms with Crippen LogP contribution in [0.5, 0.6) is 0 Å². The predicted octanol–water partition coefficient (Wildman–Crippen LogP) is 2.24. The third-order valence-electron chi connectivity index (χ3n) is 2.93. The molecule has 1 aliphatic rings. The molecule has 102 valence electrons. The Bertz CT molecular complexity index is 365. The minimum atomic E-state index is 0.00979. The molecule has 0 saturated carbocycles. The standard InChI is InChI=1S/C13H23N3O2/c1-13(2,3)14-8-7-11-15-16-12(18-11)10-6-4-5-9-17-10/h10,14H,4-9H2,1-3H3. The maximum absolute atomic E-state index is 5.65. The van der Waals surface area contributed by atoms with Crippen molar-refractivity contribution in [2.75, 3.05) is 13.2 Å². The highest BCUT2D eigenvalue weighted by atomic mass is 16.5. The molecule has 2 rings (SSSR count). The Hall–Kier alpha value is -0.940. The van der Waals surface area contributed by atoms with Gasteiger partial charge in [-0.15, -0.1) is 10.2 Å². The first-order valence-corrected chi connectivity index (χ1v) is 6.73. The summed E-state index contributed by atoms with van der Waals surface area (Å²) in [5.74, 6) is 1.33. The smallest absolute Gasteiger partial charge is 0.245 e. The summed E-state index contributed by atoms with van der Waals surface area (Å²) in [5.41, 5.74) is 0.120. The van der Waals surface area contributed by atoms with Crippen LogP contribution in [0.25, 0.3) is 0 Å². The van der Waals surface area contributed by atoms with Crippen molar-refractivity contribution in [1.82, 2.24) is 15.5 Å². The van der Waals surface area contributed by atoms with Crippen molar-refractivity contribution in [1.29, 1.82) is 0 Å². The summed E-state index contributed by atoms with van der Waals surface area (Å²) in [4.78, 5) is 0. The van der Waals surface area contributed by atoms with Crippen molar-refractivity contribution in [3.05, 3.63) is 11.8 Å². The van der Waals surface area contributed by atoms with Gasteiger partial charge in [0.05, 0.1) is 0 Å². The average molecular weight is 253 g/mol. The van der Waals surface area contributed by atoms with E-state index in [1.807, 2.05) is 0 Å². The number of ether oxygens (including phenoxy) is 1. The van der Waals surface area contributed by atoms with E-state index in [1.54, 1.807) is 0 Å². The van der Waals surface area contributed by atoms with Crippen LogP contribution in [0.4, 0.5) is 0 Å². The first-order chi connectivity index (χ1) is 8.54. The van der Waals surface area contributed by atoms with E-state index in [-0.39, 0.29) is 11.6 Å². The number of nitrogens with one attached hydrogen (secondary N) is 1. The van der Waals surface area contributed by atoms with Crippen LogP contribution in [0.3, 0.4) is 0 Å². The lowest BCUT2D eigenvalue weighted by Gasteiger charge is -2.19.